The molecule has 0 N–H and O–H groups in total. The fourth-order valence-electron chi connectivity index (χ4n) is 6.63. The summed E-state index contributed by atoms with van der Waals surface area (Å²) < 4.78 is 0. The fraction of sp³-hybridized carbons (Fsp3) is 1.00. The highest BCUT2D eigenvalue weighted by atomic mass is 32.1. The Balaban J connectivity index is 1.94. The van der Waals surface area contributed by atoms with Crippen LogP contribution in [0, 0.1) is 40.4 Å². The average Bonchev–Trinajstić information content (AvgIpc) is 2.40. The van der Waals surface area contributed by atoms with Gasteiger partial charge in [-0.15, -0.1) is 0 Å². The molecule has 0 saturated heterocycles. The second kappa shape index (κ2) is 5.46. The van der Waals surface area contributed by atoms with Crippen molar-refractivity contribution in [1.82, 2.24) is 0 Å². The van der Waals surface area contributed by atoms with E-state index < -0.39 is 0 Å². The van der Waals surface area contributed by atoms with Crippen molar-refractivity contribution in [2.24, 2.45) is 40.4 Å². The molecular weight excluding hydrogens is 272 g/mol. The molecule has 0 amide bonds. The summed E-state index contributed by atoms with van der Waals surface area (Å²) >= 11 is 5.07. The van der Waals surface area contributed by atoms with Gasteiger partial charge in [0.1, 0.15) is 0 Å². The van der Waals surface area contributed by atoms with Crippen molar-refractivity contribution in [2.45, 2.75) is 84.8 Å². The second-order valence-electron chi connectivity index (χ2n) is 9.64. The monoisotopic (exact) mass is 308 g/mol. The zero-order chi connectivity index (χ0) is 15.4. The summed E-state index contributed by atoms with van der Waals surface area (Å²) in [7, 11) is 0. The van der Waals surface area contributed by atoms with Gasteiger partial charge in [-0.3, -0.25) is 0 Å². The largest absolute Gasteiger partial charge is 0.175 e. The van der Waals surface area contributed by atoms with Gasteiger partial charge in [-0.1, -0.05) is 41.0 Å². The summed E-state index contributed by atoms with van der Waals surface area (Å²) in [6, 6.07) is 0. The highest BCUT2D eigenvalue weighted by molar-refractivity contribution is 7.81. The number of rotatable bonds is 0. The molecule has 3 rings (SSSR count). The van der Waals surface area contributed by atoms with Crippen LogP contribution in [0.15, 0.2) is 0 Å². The molecule has 2 bridgehead atoms. The topological polar surface area (TPSA) is 0 Å². The minimum Gasteiger partial charge on any atom is -0.175 e. The highest BCUT2D eigenvalue weighted by Crippen LogP contribution is 2.60. The minimum atomic E-state index is 0.491. The van der Waals surface area contributed by atoms with Crippen molar-refractivity contribution in [3.8, 4) is 0 Å². The lowest BCUT2D eigenvalue weighted by Crippen LogP contribution is -2.51. The van der Waals surface area contributed by atoms with Crippen LogP contribution < -0.4 is 0 Å². The Hall–Kier alpha value is 0.350. The highest BCUT2D eigenvalue weighted by Gasteiger charge is 2.52. The maximum absolute atomic E-state index is 5.07. The molecule has 0 spiro atoms. The van der Waals surface area contributed by atoms with Gasteiger partial charge in [-0.05, 0) is 78.9 Å². The number of thiol groups is 1. The second-order valence-corrected chi connectivity index (χ2v) is 10.3. The van der Waals surface area contributed by atoms with Crippen LogP contribution in [-0.4, -0.2) is 5.25 Å². The molecule has 0 nitrogen and oxygen atoms in total. The molecule has 0 aliphatic heterocycles. The SMILES string of the molecule is C[C@@H]1CCC(S)[C@@]2(C)CC[C@H]3[C@H](C)CC[C@@H](C[C@H]12)C3(C)C. The van der Waals surface area contributed by atoms with Crippen LogP contribution in [0.2, 0.25) is 0 Å². The molecule has 0 heterocycles. The van der Waals surface area contributed by atoms with Gasteiger partial charge < -0.3 is 0 Å². The van der Waals surface area contributed by atoms with Crippen molar-refractivity contribution in [3.05, 3.63) is 0 Å². The van der Waals surface area contributed by atoms with E-state index in [2.05, 4.69) is 34.6 Å². The van der Waals surface area contributed by atoms with Gasteiger partial charge in [0, 0.05) is 5.25 Å². The van der Waals surface area contributed by atoms with E-state index >= 15 is 0 Å². The number of fused-ring (bicyclic) bond motifs is 3. The lowest BCUT2D eigenvalue weighted by Gasteiger charge is -2.58. The van der Waals surface area contributed by atoms with Gasteiger partial charge in [0.2, 0.25) is 0 Å². The van der Waals surface area contributed by atoms with Gasteiger partial charge >= 0.3 is 0 Å². The first-order valence-electron chi connectivity index (χ1n) is 9.45. The van der Waals surface area contributed by atoms with Crippen LogP contribution in [0.1, 0.15) is 79.6 Å². The maximum atomic E-state index is 5.07. The molecule has 1 heteroatoms. The lowest BCUT2D eigenvalue weighted by atomic mass is 9.48. The van der Waals surface area contributed by atoms with E-state index in [1.807, 2.05) is 0 Å². The Kier molecular flexibility index (Phi) is 4.22. The minimum absolute atomic E-state index is 0.491. The Morgan fingerprint density at radius 1 is 0.810 bits per heavy atom. The number of hydrogen-bond donors (Lipinski definition) is 1. The van der Waals surface area contributed by atoms with Crippen LogP contribution in [-0.2, 0) is 0 Å². The standard InChI is InChI=1S/C20H36S/c1-13-6-8-15-12-17-14(2)7-9-18(21)20(17,5)11-10-16(13)19(15,3)4/h13-18,21H,6-12H2,1-5H3/t13-,14-,15+,16+,17-,18?,20+/m1/s1. The summed E-state index contributed by atoms with van der Waals surface area (Å²) in [6.45, 7) is 12.8. The third-order valence-corrected chi connectivity index (χ3v) is 9.24. The zero-order valence-corrected chi connectivity index (χ0v) is 15.8. The first-order valence-corrected chi connectivity index (χ1v) is 9.96. The van der Waals surface area contributed by atoms with E-state index in [1.54, 1.807) is 0 Å². The molecule has 122 valence electrons. The maximum Gasteiger partial charge on any atom is 0.00734 e. The summed E-state index contributed by atoms with van der Waals surface area (Å²) in [5.41, 5.74) is 1.05. The Morgan fingerprint density at radius 2 is 1.43 bits per heavy atom. The van der Waals surface area contributed by atoms with Crippen molar-refractivity contribution in [3.63, 3.8) is 0 Å². The van der Waals surface area contributed by atoms with Crippen molar-refractivity contribution in [2.75, 3.05) is 0 Å². The fourth-order valence-corrected chi connectivity index (χ4v) is 7.10. The van der Waals surface area contributed by atoms with E-state index in [0.29, 0.717) is 16.1 Å². The molecule has 3 aliphatic carbocycles. The van der Waals surface area contributed by atoms with E-state index in [0.717, 1.165) is 29.6 Å². The van der Waals surface area contributed by atoms with Crippen molar-refractivity contribution < 1.29 is 0 Å². The predicted octanol–water partition coefficient (Wildman–Crippen LogP) is 6.21. The molecule has 0 aromatic carbocycles. The van der Waals surface area contributed by atoms with Crippen LogP contribution in [0.4, 0.5) is 0 Å². The summed E-state index contributed by atoms with van der Waals surface area (Å²) in [6.07, 6.45) is 10.0. The van der Waals surface area contributed by atoms with Crippen LogP contribution in [0.25, 0.3) is 0 Å². The van der Waals surface area contributed by atoms with E-state index in [1.165, 1.54) is 44.9 Å². The molecule has 0 aromatic heterocycles. The smallest absolute Gasteiger partial charge is 0.00734 e. The van der Waals surface area contributed by atoms with Crippen LogP contribution in [0.5, 0.6) is 0 Å². The Labute approximate surface area is 138 Å². The lowest BCUT2D eigenvalue weighted by molar-refractivity contribution is -0.0665. The summed E-state index contributed by atoms with van der Waals surface area (Å²) in [5, 5.41) is 0.635. The van der Waals surface area contributed by atoms with E-state index in [9.17, 15) is 0 Å². The first-order chi connectivity index (χ1) is 9.76. The van der Waals surface area contributed by atoms with Gasteiger partial charge in [-0.2, -0.15) is 12.6 Å². The van der Waals surface area contributed by atoms with Gasteiger partial charge in [0.05, 0.1) is 0 Å². The predicted molar refractivity (Wildman–Crippen MR) is 95.8 cm³/mol. The zero-order valence-electron chi connectivity index (χ0n) is 14.9. The normalized spacial score (nSPS) is 53.4. The third-order valence-electron chi connectivity index (χ3n) is 8.39. The number of hydrogen-bond acceptors (Lipinski definition) is 1. The Bertz CT molecular complexity index is 387. The van der Waals surface area contributed by atoms with Crippen molar-refractivity contribution in [1.29, 1.82) is 0 Å². The van der Waals surface area contributed by atoms with E-state index in [4.69, 9.17) is 12.6 Å². The molecular formula is C20H36S. The molecule has 3 fully saturated rings. The van der Waals surface area contributed by atoms with Gasteiger partial charge in [-0.25, -0.2) is 0 Å². The molecule has 0 radical (unpaired) electrons. The molecule has 3 aliphatic rings. The van der Waals surface area contributed by atoms with Crippen molar-refractivity contribution >= 4 is 12.6 Å². The van der Waals surface area contributed by atoms with Crippen LogP contribution in [0.3, 0.4) is 0 Å². The molecule has 21 heavy (non-hydrogen) atoms. The first kappa shape index (κ1) is 16.2. The molecule has 3 saturated carbocycles. The van der Waals surface area contributed by atoms with E-state index in [-0.39, 0.29) is 0 Å². The Morgan fingerprint density at radius 3 is 2.14 bits per heavy atom. The molecule has 7 atom stereocenters. The summed E-state index contributed by atoms with van der Waals surface area (Å²) in [5.74, 6) is 4.63. The van der Waals surface area contributed by atoms with Gasteiger partial charge in [0.25, 0.3) is 0 Å². The summed E-state index contributed by atoms with van der Waals surface area (Å²) in [4.78, 5) is 0. The van der Waals surface area contributed by atoms with Crippen LogP contribution >= 0.6 is 12.6 Å². The quantitative estimate of drug-likeness (QED) is 0.505. The third kappa shape index (κ3) is 2.50. The van der Waals surface area contributed by atoms with Gasteiger partial charge in [0.15, 0.2) is 0 Å². The average molecular weight is 309 g/mol. The molecule has 1 unspecified atom stereocenters. The molecule has 0 aromatic rings.